The molecule has 0 aromatic heterocycles. The quantitative estimate of drug-likeness (QED) is 0.871. The van der Waals surface area contributed by atoms with Crippen LogP contribution in [0.25, 0.3) is 0 Å². The Bertz CT molecular complexity index is 563. The molecular weight excluding hydrogens is 309 g/mol. The number of amides is 1. The molecule has 2 aliphatic rings. The second kappa shape index (κ2) is 8.05. The molecule has 2 fully saturated rings. The topological polar surface area (TPSA) is 53.6 Å². The van der Waals surface area contributed by atoms with Gasteiger partial charge in [-0.3, -0.25) is 9.69 Å². The van der Waals surface area contributed by atoms with Crippen LogP contribution in [0.15, 0.2) is 24.3 Å². The number of benzene rings is 1. The van der Waals surface area contributed by atoms with Gasteiger partial charge in [0.1, 0.15) is 11.9 Å². The van der Waals surface area contributed by atoms with Gasteiger partial charge in [-0.05, 0) is 24.9 Å². The van der Waals surface area contributed by atoms with Gasteiger partial charge < -0.3 is 15.4 Å². The first-order valence-corrected chi connectivity index (χ1v) is 8.74. The highest BCUT2D eigenvalue weighted by molar-refractivity contribution is 5.83. The van der Waals surface area contributed by atoms with Crippen LogP contribution < -0.4 is 10.6 Å². The van der Waals surface area contributed by atoms with Gasteiger partial charge in [0.2, 0.25) is 5.91 Å². The first kappa shape index (κ1) is 17.3. The predicted molar refractivity (Wildman–Crippen MR) is 90.1 cm³/mol. The highest BCUT2D eigenvalue weighted by atomic mass is 19.1. The number of rotatable bonds is 4. The van der Waals surface area contributed by atoms with E-state index < -0.39 is 6.04 Å². The molecule has 1 aromatic rings. The highest BCUT2D eigenvalue weighted by Crippen LogP contribution is 2.25. The molecule has 3 unspecified atom stereocenters. The summed E-state index contributed by atoms with van der Waals surface area (Å²) in [5, 5.41) is 6.46. The normalized spacial score (nSPS) is 26.8. The minimum Gasteiger partial charge on any atom is -0.379 e. The summed E-state index contributed by atoms with van der Waals surface area (Å²) in [4.78, 5) is 15.0. The number of piperidine rings is 1. The molecule has 0 radical (unpaired) electrons. The zero-order valence-electron chi connectivity index (χ0n) is 14.1. The summed E-state index contributed by atoms with van der Waals surface area (Å²) in [7, 11) is 0. The molecule has 1 aromatic carbocycles. The largest absolute Gasteiger partial charge is 0.379 e. The van der Waals surface area contributed by atoms with Crippen molar-refractivity contribution in [2.45, 2.75) is 25.4 Å². The molecule has 0 spiro atoms. The monoisotopic (exact) mass is 335 g/mol. The van der Waals surface area contributed by atoms with Crippen LogP contribution in [0.5, 0.6) is 0 Å². The molecule has 5 nitrogen and oxygen atoms in total. The maximum Gasteiger partial charge on any atom is 0.242 e. The maximum absolute atomic E-state index is 14.4. The minimum absolute atomic E-state index is 0.0848. The first-order valence-electron chi connectivity index (χ1n) is 8.74. The third-order valence-corrected chi connectivity index (χ3v) is 5.01. The van der Waals surface area contributed by atoms with E-state index in [1.165, 1.54) is 6.07 Å². The standard InChI is InChI=1S/C18H26FN3O2/c1-13-6-7-20-12-16(13)21-18(23)17(22-8-10-24-11-9-22)14-4-2-3-5-15(14)19/h2-5,13,16-17,20H,6-12H2,1H3,(H,21,23). The number of nitrogens with one attached hydrogen (secondary N) is 2. The molecule has 0 aliphatic carbocycles. The summed E-state index contributed by atoms with van der Waals surface area (Å²) in [6.45, 7) is 6.29. The highest BCUT2D eigenvalue weighted by Gasteiger charge is 2.33. The van der Waals surface area contributed by atoms with Crippen LogP contribution in [0.1, 0.15) is 24.9 Å². The van der Waals surface area contributed by atoms with Gasteiger partial charge >= 0.3 is 0 Å². The van der Waals surface area contributed by atoms with Crippen LogP contribution >= 0.6 is 0 Å². The maximum atomic E-state index is 14.4. The Balaban J connectivity index is 1.80. The van der Waals surface area contributed by atoms with E-state index >= 15 is 0 Å². The Labute approximate surface area is 142 Å². The Morgan fingerprint density at radius 1 is 1.38 bits per heavy atom. The number of hydrogen-bond donors (Lipinski definition) is 2. The van der Waals surface area contributed by atoms with E-state index in [2.05, 4.69) is 17.6 Å². The van der Waals surface area contributed by atoms with Gasteiger partial charge in [0, 0.05) is 31.2 Å². The number of nitrogens with zero attached hydrogens (tertiary/aromatic N) is 1. The van der Waals surface area contributed by atoms with Gasteiger partial charge in [-0.1, -0.05) is 25.1 Å². The van der Waals surface area contributed by atoms with Crippen molar-refractivity contribution >= 4 is 5.91 Å². The molecule has 6 heteroatoms. The van der Waals surface area contributed by atoms with Gasteiger partial charge in [0.15, 0.2) is 0 Å². The smallest absolute Gasteiger partial charge is 0.242 e. The van der Waals surface area contributed by atoms with Crippen LogP contribution in [-0.4, -0.2) is 56.2 Å². The van der Waals surface area contributed by atoms with E-state index in [1.54, 1.807) is 18.2 Å². The Hall–Kier alpha value is -1.50. The molecule has 2 saturated heterocycles. The molecule has 2 N–H and O–H groups in total. The van der Waals surface area contributed by atoms with Gasteiger partial charge in [-0.25, -0.2) is 4.39 Å². The van der Waals surface area contributed by atoms with Crippen molar-refractivity contribution in [3.05, 3.63) is 35.6 Å². The van der Waals surface area contributed by atoms with E-state index in [0.29, 0.717) is 37.8 Å². The van der Waals surface area contributed by atoms with Gasteiger partial charge in [0.25, 0.3) is 0 Å². The first-order chi connectivity index (χ1) is 11.7. The van der Waals surface area contributed by atoms with Crippen molar-refractivity contribution in [1.82, 2.24) is 15.5 Å². The lowest BCUT2D eigenvalue weighted by molar-refractivity contribution is -0.129. The molecular formula is C18H26FN3O2. The Morgan fingerprint density at radius 3 is 2.83 bits per heavy atom. The number of ether oxygens (including phenoxy) is 1. The SMILES string of the molecule is CC1CCNCC1NC(=O)C(c1ccccc1F)N1CCOCC1. The summed E-state index contributed by atoms with van der Waals surface area (Å²) in [5.41, 5.74) is 0.438. The summed E-state index contributed by atoms with van der Waals surface area (Å²) in [6.07, 6.45) is 1.03. The van der Waals surface area contributed by atoms with Gasteiger partial charge in [-0.15, -0.1) is 0 Å². The fourth-order valence-corrected chi connectivity index (χ4v) is 3.48. The minimum atomic E-state index is -0.607. The van der Waals surface area contributed by atoms with Crippen molar-refractivity contribution in [2.75, 3.05) is 39.4 Å². The fourth-order valence-electron chi connectivity index (χ4n) is 3.48. The lowest BCUT2D eigenvalue weighted by atomic mass is 9.94. The van der Waals surface area contributed by atoms with Gasteiger partial charge in [0.05, 0.1) is 13.2 Å². The van der Waals surface area contributed by atoms with Crippen LogP contribution in [0.3, 0.4) is 0 Å². The Morgan fingerprint density at radius 2 is 2.12 bits per heavy atom. The predicted octanol–water partition coefficient (Wildman–Crippen LogP) is 1.31. The zero-order chi connectivity index (χ0) is 16.9. The lowest BCUT2D eigenvalue weighted by Crippen LogP contribution is -2.54. The summed E-state index contributed by atoms with van der Waals surface area (Å²) < 4.78 is 19.7. The van der Waals surface area contributed by atoms with Crippen LogP contribution in [0, 0.1) is 11.7 Å². The van der Waals surface area contributed by atoms with Crippen molar-refractivity contribution in [2.24, 2.45) is 5.92 Å². The van der Waals surface area contributed by atoms with Crippen LogP contribution in [-0.2, 0) is 9.53 Å². The molecule has 0 saturated carbocycles. The third kappa shape index (κ3) is 3.94. The molecule has 3 atom stereocenters. The number of carbonyl (C=O) groups is 1. The van der Waals surface area contributed by atoms with Crippen molar-refractivity contribution in [3.8, 4) is 0 Å². The lowest BCUT2D eigenvalue weighted by Gasteiger charge is -2.36. The molecule has 2 heterocycles. The van der Waals surface area contributed by atoms with Crippen molar-refractivity contribution < 1.29 is 13.9 Å². The van der Waals surface area contributed by atoms with E-state index in [-0.39, 0.29) is 17.8 Å². The van der Waals surface area contributed by atoms with Gasteiger partial charge in [-0.2, -0.15) is 0 Å². The van der Waals surface area contributed by atoms with E-state index in [4.69, 9.17) is 4.74 Å². The molecule has 0 bridgehead atoms. The number of morpholine rings is 1. The Kier molecular flexibility index (Phi) is 5.81. The molecule has 1 amide bonds. The van der Waals surface area contributed by atoms with Crippen molar-refractivity contribution in [3.63, 3.8) is 0 Å². The van der Waals surface area contributed by atoms with E-state index in [1.807, 2.05) is 4.90 Å². The molecule has 2 aliphatic heterocycles. The summed E-state index contributed by atoms with van der Waals surface area (Å²) in [6, 6.07) is 6.04. The second-order valence-corrected chi connectivity index (χ2v) is 6.66. The van der Waals surface area contributed by atoms with E-state index in [9.17, 15) is 9.18 Å². The number of halogens is 1. The summed E-state index contributed by atoms with van der Waals surface area (Å²) >= 11 is 0. The third-order valence-electron chi connectivity index (χ3n) is 5.01. The molecule has 24 heavy (non-hydrogen) atoms. The summed E-state index contributed by atoms with van der Waals surface area (Å²) in [5.74, 6) is -0.0392. The van der Waals surface area contributed by atoms with Crippen molar-refractivity contribution in [1.29, 1.82) is 0 Å². The molecule has 132 valence electrons. The van der Waals surface area contributed by atoms with Crippen LogP contribution in [0.4, 0.5) is 4.39 Å². The fraction of sp³-hybridized carbons (Fsp3) is 0.611. The average Bonchev–Trinajstić information content (AvgIpc) is 2.60. The van der Waals surface area contributed by atoms with Crippen LogP contribution in [0.2, 0.25) is 0 Å². The number of carbonyl (C=O) groups excluding carboxylic acids is 1. The van der Waals surface area contributed by atoms with E-state index in [0.717, 1.165) is 19.5 Å². The molecule has 3 rings (SSSR count). The number of hydrogen-bond acceptors (Lipinski definition) is 4. The second-order valence-electron chi connectivity index (χ2n) is 6.66. The average molecular weight is 335 g/mol. The zero-order valence-corrected chi connectivity index (χ0v) is 14.1.